The summed E-state index contributed by atoms with van der Waals surface area (Å²) in [7, 11) is 0. The van der Waals surface area contributed by atoms with Crippen molar-refractivity contribution in [2.75, 3.05) is 4.90 Å². The van der Waals surface area contributed by atoms with Crippen molar-refractivity contribution in [1.82, 2.24) is 15.3 Å². The van der Waals surface area contributed by atoms with Crippen molar-refractivity contribution in [2.45, 2.75) is 45.4 Å². The van der Waals surface area contributed by atoms with Crippen LogP contribution in [0.4, 0.5) is 10.5 Å². The van der Waals surface area contributed by atoms with E-state index in [4.69, 9.17) is 9.47 Å². The van der Waals surface area contributed by atoms with Crippen molar-refractivity contribution in [1.29, 1.82) is 0 Å². The van der Waals surface area contributed by atoms with Gasteiger partial charge in [0, 0.05) is 0 Å². The maximum Gasteiger partial charge on any atom is 0.329 e. The molecule has 0 spiro atoms. The van der Waals surface area contributed by atoms with Crippen LogP contribution in [0.2, 0.25) is 0 Å². The van der Waals surface area contributed by atoms with Gasteiger partial charge in [-0.25, -0.2) is 19.7 Å². The van der Waals surface area contributed by atoms with E-state index in [9.17, 15) is 9.59 Å². The maximum atomic E-state index is 12.3. The molecule has 3 amide bonds. The molecule has 1 aromatic heterocycles. The molecule has 2 aromatic rings. The standard InChI is InChI=1S/C19H20N4O4/c1-4-15-14-7-13(6-5-11(14)10-26-15)27-17-20-8-12(9-21-17)23-16(24)19(2,3)22-18(23)25/h5-9,15H,4,10H2,1-3H3,(H,22,25)/t15-/m0/s1. The molecule has 2 aliphatic rings. The lowest BCUT2D eigenvalue weighted by Crippen LogP contribution is -2.40. The SMILES string of the molecule is CC[C@@H]1OCc2ccc(Oc3ncc(N4C(=O)NC(C)(C)C4=O)cn3)cc21. The van der Waals surface area contributed by atoms with Gasteiger partial charge in [0.25, 0.3) is 5.91 Å². The van der Waals surface area contributed by atoms with Gasteiger partial charge in [-0.1, -0.05) is 13.0 Å². The Morgan fingerprint density at radius 3 is 2.67 bits per heavy atom. The van der Waals surface area contributed by atoms with E-state index < -0.39 is 11.6 Å². The summed E-state index contributed by atoms with van der Waals surface area (Å²) in [6.07, 6.45) is 3.76. The zero-order valence-corrected chi connectivity index (χ0v) is 15.4. The Morgan fingerprint density at radius 2 is 2.04 bits per heavy atom. The average Bonchev–Trinajstić information content (AvgIpc) is 3.13. The number of aromatic nitrogens is 2. The largest absolute Gasteiger partial charge is 0.424 e. The van der Waals surface area contributed by atoms with Crippen LogP contribution in [-0.4, -0.2) is 27.4 Å². The fraction of sp³-hybridized carbons (Fsp3) is 0.368. The minimum atomic E-state index is -0.950. The van der Waals surface area contributed by atoms with E-state index in [-0.39, 0.29) is 18.0 Å². The van der Waals surface area contributed by atoms with Gasteiger partial charge in [-0.3, -0.25) is 4.79 Å². The molecule has 2 aliphatic heterocycles. The minimum absolute atomic E-state index is 0.0786. The van der Waals surface area contributed by atoms with Crippen molar-refractivity contribution < 1.29 is 19.1 Å². The first-order valence-corrected chi connectivity index (χ1v) is 8.80. The number of amides is 3. The zero-order chi connectivity index (χ0) is 19.2. The van der Waals surface area contributed by atoms with Gasteiger partial charge < -0.3 is 14.8 Å². The smallest absolute Gasteiger partial charge is 0.329 e. The molecule has 4 rings (SSSR count). The van der Waals surface area contributed by atoms with Gasteiger partial charge in [0.15, 0.2) is 0 Å². The van der Waals surface area contributed by atoms with Gasteiger partial charge in [0.1, 0.15) is 11.3 Å². The van der Waals surface area contributed by atoms with Gasteiger partial charge >= 0.3 is 12.0 Å². The van der Waals surface area contributed by atoms with Crippen molar-refractivity contribution >= 4 is 17.6 Å². The third-order valence-electron chi connectivity index (χ3n) is 4.72. The highest BCUT2D eigenvalue weighted by Crippen LogP contribution is 2.36. The molecule has 1 fully saturated rings. The Labute approximate surface area is 156 Å². The van der Waals surface area contributed by atoms with Crippen LogP contribution >= 0.6 is 0 Å². The predicted molar refractivity (Wildman–Crippen MR) is 96.5 cm³/mol. The number of imide groups is 1. The molecule has 3 heterocycles. The molecular formula is C19H20N4O4. The Morgan fingerprint density at radius 1 is 1.30 bits per heavy atom. The highest BCUT2D eigenvalue weighted by atomic mass is 16.5. The van der Waals surface area contributed by atoms with E-state index >= 15 is 0 Å². The van der Waals surface area contributed by atoms with Gasteiger partial charge in [-0.15, -0.1) is 0 Å². The molecule has 0 bridgehead atoms. The topological polar surface area (TPSA) is 93.7 Å². The third-order valence-corrected chi connectivity index (χ3v) is 4.72. The Kier molecular flexibility index (Phi) is 4.07. The van der Waals surface area contributed by atoms with Crippen LogP contribution in [0, 0.1) is 0 Å². The number of hydrogen-bond acceptors (Lipinski definition) is 6. The van der Waals surface area contributed by atoms with E-state index in [0.717, 1.165) is 22.4 Å². The molecule has 0 radical (unpaired) electrons. The lowest BCUT2D eigenvalue weighted by atomic mass is 10.0. The van der Waals surface area contributed by atoms with Crippen LogP contribution in [0.25, 0.3) is 0 Å². The van der Waals surface area contributed by atoms with E-state index in [0.29, 0.717) is 18.0 Å². The summed E-state index contributed by atoms with van der Waals surface area (Å²) in [5.41, 5.74) is 1.62. The highest BCUT2D eigenvalue weighted by molar-refractivity contribution is 6.22. The van der Waals surface area contributed by atoms with Gasteiger partial charge in [0.2, 0.25) is 0 Å². The predicted octanol–water partition coefficient (Wildman–Crippen LogP) is 3.09. The summed E-state index contributed by atoms with van der Waals surface area (Å²) in [5, 5.41) is 2.62. The number of nitrogens with zero attached hydrogens (tertiary/aromatic N) is 3. The molecule has 1 atom stereocenters. The fourth-order valence-corrected chi connectivity index (χ4v) is 3.25. The first-order valence-electron chi connectivity index (χ1n) is 8.80. The van der Waals surface area contributed by atoms with Crippen LogP contribution in [0.3, 0.4) is 0 Å². The van der Waals surface area contributed by atoms with Crippen LogP contribution < -0.4 is 15.0 Å². The second-order valence-corrected chi connectivity index (χ2v) is 7.09. The van der Waals surface area contributed by atoms with E-state index in [1.165, 1.54) is 12.4 Å². The Bertz CT molecular complexity index is 910. The molecule has 0 aliphatic carbocycles. The Balaban J connectivity index is 1.52. The summed E-state index contributed by atoms with van der Waals surface area (Å²) in [4.78, 5) is 33.7. The molecule has 0 unspecified atom stereocenters. The zero-order valence-electron chi connectivity index (χ0n) is 15.4. The normalized spacial score (nSPS) is 20.6. The first-order chi connectivity index (χ1) is 12.9. The molecule has 27 heavy (non-hydrogen) atoms. The van der Waals surface area contributed by atoms with Gasteiger partial charge in [0.05, 0.1) is 30.8 Å². The highest BCUT2D eigenvalue weighted by Gasteiger charge is 2.45. The average molecular weight is 368 g/mol. The number of benzene rings is 1. The van der Waals surface area contributed by atoms with E-state index in [2.05, 4.69) is 22.2 Å². The van der Waals surface area contributed by atoms with Gasteiger partial charge in [-0.2, -0.15) is 0 Å². The maximum absolute atomic E-state index is 12.3. The summed E-state index contributed by atoms with van der Waals surface area (Å²) in [5.74, 6) is 0.260. The van der Waals surface area contributed by atoms with Crippen LogP contribution in [0.1, 0.15) is 44.4 Å². The first kappa shape index (κ1) is 17.4. The molecule has 0 saturated carbocycles. The van der Waals surface area contributed by atoms with Crippen LogP contribution in [-0.2, 0) is 16.1 Å². The fourth-order valence-electron chi connectivity index (χ4n) is 3.25. The molecule has 1 aromatic carbocycles. The number of rotatable bonds is 4. The molecule has 140 valence electrons. The summed E-state index contributed by atoms with van der Waals surface area (Å²) < 4.78 is 11.5. The summed E-state index contributed by atoms with van der Waals surface area (Å²) in [6, 6.07) is 5.40. The lowest BCUT2D eigenvalue weighted by Gasteiger charge is -2.15. The molecule has 8 nitrogen and oxygen atoms in total. The number of fused-ring (bicyclic) bond motifs is 1. The lowest BCUT2D eigenvalue weighted by molar-refractivity contribution is -0.121. The summed E-state index contributed by atoms with van der Waals surface area (Å²) >= 11 is 0. The number of ether oxygens (including phenoxy) is 2. The second kappa shape index (κ2) is 6.31. The molecule has 1 N–H and O–H groups in total. The quantitative estimate of drug-likeness (QED) is 0.834. The van der Waals surface area contributed by atoms with Crippen LogP contribution in [0.15, 0.2) is 30.6 Å². The van der Waals surface area contributed by atoms with E-state index in [1.807, 2.05) is 18.2 Å². The number of nitrogens with one attached hydrogen (secondary N) is 1. The summed E-state index contributed by atoms with van der Waals surface area (Å²) in [6.45, 7) is 5.98. The minimum Gasteiger partial charge on any atom is -0.424 e. The number of urea groups is 1. The molecule has 1 saturated heterocycles. The van der Waals surface area contributed by atoms with Crippen molar-refractivity contribution in [2.24, 2.45) is 0 Å². The van der Waals surface area contributed by atoms with Crippen molar-refractivity contribution in [3.8, 4) is 11.8 Å². The molecular weight excluding hydrogens is 348 g/mol. The third kappa shape index (κ3) is 3.02. The number of hydrogen-bond donors (Lipinski definition) is 1. The van der Waals surface area contributed by atoms with Crippen molar-refractivity contribution in [3.05, 3.63) is 41.7 Å². The number of anilines is 1. The van der Waals surface area contributed by atoms with E-state index in [1.54, 1.807) is 13.8 Å². The second-order valence-electron chi connectivity index (χ2n) is 7.09. The Hall–Kier alpha value is -3.00. The van der Waals surface area contributed by atoms with Crippen LogP contribution in [0.5, 0.6) is 11.8 Å². The monoisotopic (exact) mass is 368 g/mol. The van der Waals surface area contributed by atoms with Gasteiger partial charge in [-0.05, 0) is 43.5 Å². The van der Waals surface area contributed by atoms with Crippen molar-refractivity contribution in [3.63, 3.8) is 0 Å². The number of carbonyl (C=O) groups excluding carboxylic acids is 2. The number of carbonyl (C=O) groups is 2. The molecule has 8 heteroatoms.